The maximum absolute atomic E-state index is 13.5. The molecular formula is C14H15F4NO3. The topological polar surface area (TPSA) is 60.8 Å². The third kappa shape index (κ3) is 3.75. The first-order chi connectivity index (χ1) is 10.2. The van der Waals surface area contributed by atoms with Crippen molar-refractivity contribution in [2.75, 3.05) is 13.1 Å². The van der Waals surface area contributed by atoms with Gasteiger partial charge in [0.25, 0.3) is 0 Å². The van der Waals surface area contributed by atoms with Crippen LogP contribution in [-0.2, 0) is 17.5 Å². The van der Waals surface area contributed by atoms with Crippen molar-refractivity contribution in [3.05, 3.63) is 35.1 Å². The van der Waals surface area contributed by atoms with Crippen molar-refractivity contribution in [3.63, 3.8) is 0 Å². The second-order valence-corrected chi connectivity index (χ2v) is 5.35. The summed E-state index contributed by atoms with van der Waals surface area (Å²) < 4.78 is 50.9. The first-order valence-electron chi connectivity index (χ1n) is 6.67. The van der Waals surface area contributed by atoms with Gasteiger partial charge in [0.15, 0.2) is 0 Å². The number of aliphatic carboxylic acids is 1. The Hall–Kier alpha value is -1.67. The van der Waals surface area contributed by atoms with E-state index in [0.29, 0.717) is 18.2 Å². The van der Waals surface area contributed by atoms with Crippen molar-refractivity contribution in [1.82, 2.24) is 4.90 Å². The number of hydrogen-bond donors (Lipinski definition) is 2. The predicted molar refractivity (Wildman–Crippen MR) is 68.4 cm³/mol. The number of aliphatic hydroxyl groups is 1. The number of benzene rings is 1. The Kier molecular flexibility index (Phi) is 4.72. The highest BCUT2D eigenvalue weighted by molar-refractivity contribution is 5.71. The Balaban J connectivity index is 2.08. The van der Waals surface area contributed by atoms with Crippen molar-refractivity contribution in [2.24, 2.45) is 5.92 Å². The maximum Gasteiger partial charge on any atom is 0.419 e. The molecule has 1 aromatic rings. The van der Waals surface area contributed by atoms with Crippen molar-refractivity contribution in [3.8, 4) is 0 Å². The number of hydrogen-bond acceptors (Lipinski definition) is 3. The number of halogens is 4. The monoisotopic (exact) mass is 321 g/mol. The number of carboxylic acid groups (broad SMARTS) is 1. The van der Waals surface area contributed by atoms with Crippen LogP contribution in [0.4, 0.5) is 17.6 Å². The molecule has 8 heteroatoms. The van der Waals surface area contributed by atoms with Gasteiger partial charge in [-0.1, -0.05) is 6.07 Å². The van der Waals surface area contributed by atoms with Gasteiger partial charge in [-0.05, 0) is 24.1 Å². The van der Waals surface area contributed by atoms with E-state index in [2.05, 4.69) is 0 Å². The molecule has 4 nitrogen and oxygen atoms in total. The fourth-order valence-corrected chi connectivity index (χ4v) is 2.54. The molecule has 0 spiro atoms. The normalized spacial score (nSPS) is 23.5. The smallest absolute Gasteiger partial charge is 0.419 e. The van der Waals surface area contributed by atoms with Crippen LogP contribution in [0.15, 0.2) is 18.2 Å². The van der Waals surface area contributed by atoms with Gasteiger partial charge in [0.2, 0.25) is 0 Å². The Morgan fingerprint density at radius 3 is 2.59 bits per heavy atom. The molecule has 1 fully saturated rings. The Labute approximate surface area is 124 Å². The van der Waals surface area contributed by atoms with Crippen LogP contribution in [0.2, 0.25) is 0 Å². The van der Waals surface area contributed by atoms with Crippen LogP contribution in [0.1, 0.15) is 17.5 Å². The van der Waals surface area contributed by atoms with E-state index in [9.17, 15) is 27.5 Å². The van der Waals surface area contributed by atoms with Gasteiger partial charge < -0.3 is 10.2 Å². The van der Waals surface area contributed by atoms with E-state index in [-0.39, 0.29) is 19.5 Å². The van der Waals surface area contributed by atoms with Crippen molar-refractivity contribution in [1.29, 1.82) is 0 Å². The Bertz CT molecular complexity index is 562. The number of alkyl halides is 3. The Morgan fingerprint density at radius 1 is 1.36 bits per heavy atom. The fourth-order valence-electron chi connectivity index (χ4n) is 2.54. The van der Waals surface area contributed by atoms with Gasteiger partial charge >= 0.3 is 12.1 Å². The number of aliphatic hydroxyl groups excluding tert-OH is 1. The molecule has 1 aliphatic heterocycles. The zero-order chi connectivity index (χ0) is 16.5. The number of carbonyl (C=O) groups is 1. The molecule has 0 aromatic heterocycles. The van der Waals surface area contributed by atoms with Crippen LogP contribution in [0.3, 0.4) is 0 Å². The van der Waals surface area contributed by atoms with Crippen LogP contribution in [0.5, 0.6) is 0 Å². The summed E-state index contributed by atoms with van der Waals surface area (Å²) in [6, 6.07) is 2.66. The lowest BCUT2D eigenvalue weighted by Crippen LogP contribution is -2.46. The van der Waals surface area contributed by atoms with Gasteiger partial charge in [0.05, 0.1) is 17.6 Å². The predicted octanol–water partition coefficient (Wildman–Crippen LogP) is 2.11. The van der Waals surface area contributed by atoms with Crippen LogP contribution in [0.25, 0.3) is 0 Å². The van der Waals surface area contributed by atoms with Crippen LogP contribution in [-0.4, -0.2) is 40.3 Å². The van der Waals surface area contributed by atoms with Gasteiger partial charge in [-0.2, -0.15) is 13.2 Å². The van der Waals surface area contributed by atoms with Gasteiger partial charge in [-0.15, -0.1) is 0 Å². The summed E-state index contributed by atoms with van der Waals surface area (Å²) in [5.74, 6) is -3.43. The molecule has 2 atom stereocenters. The van der Waals surface area contributed by atoms with Gasteiger partial charge in [0.1, 0.15) is 5.82 Å². The number of carboxylic acids is 1. The minimum atomic E-state index is -4.74. The van der Waals surface area contributed by atoms with E-state index in [4.69, 9.17) is 5.11 Å². The van der Waals surface area contributed by atoms with E-state index >= 15 is 0 Å². The minimum Gasteiger partial charge on any atom is -0.481 e. The van der Waals surface area contributed by atoms with Crippen molar-refractivity contribution in [2.45, 2.75) is 25.2 Å². The molecule has 0 amide bonds. The molecule has 0 saturated carbocycles. The Morgan fingerprint density at radius 2 is 2.05 bits per heavy atom. The minimum absolute atomic E-state index is 0.0686. The molecule has 1 heterocycles. The summed E-state index contributed by atoms with van der Waals surface area (Å²) in [4.78, 5) is 12.7. The summed E-state index contributed by atoms with van der Waals surface area (Å²) in [5.41, 5.74) is -1.00. The van der Waals surface area contributed by atoms with Gasteiger partial charge in [0, 0.05) is 19.6 Å². The summed E-state index contributed by atoms with van der Waals surface area (Å²) in [6.45, 7) is 0.596. The largest absolute Gasteiger partial charge is 0.481 e. The lowest BCUT2D eigenvalue weighted by Gasteiger charge is -2.34. The number of rotatable bonds is 3. The maximum atomic E-state index is 13.5. The van der Waals surface area contributed by atoms with Crippen LogP contribution < -0.4 is 0 Å². The molecule has 0 radical (unpaired) electrons. The van der Waals surface area contributed by atoms with E-state index in [1.165, 1.54) is 6.07 Å². The lowest BCUT2D eigenvalue weighted by atomic mass is 9.94. The fraction of sp³-hybridized carbons (Fsp3) is 0.500. The molecule has 0 bridgehead atoms. The summed E-state index contributed by atoms with van der Waals surface area (Å²) >= 11 is 0. The first kappa shape index (κ1) is 16.7. The molecule has 2 N–H and O–H groups in total. The molecular weight excluding hydrogens is 306 g/mol. The van der Waals surface area contributed by atoms with Gasteiger partial charge in [-0.3, -0.25) is 9.69 Å². The molecule has 1 aromatic carbocycles. The van der Waals surface area contributed by atoms with Crippen molar-refractivity contribution < 1.29 is 32.6 Å². The van der Waals surface area contributed by atoms with E-state index in [1.54, 1.807) is 4.90 Å². The van der Waals surface area contributed by atoms with E-state index < -0.39 is 35.5 Å². The molecule has 1 aliphatic rings. The zero-order valence-electron chi connectivity index (χ0n) is 11.5. The van der Waals surface area contributed by atoms with Crippen LogP contribution >= 0.6 is 0 Å². The lowest BCUT2D eigenvalue weighted by molar-refractivity contribution is -0.149. The molecule has 0 aliphatic carbocycles. The average molecular weight is 321 g/mol. The SMILES string of the molecule is O=C(O)[C@H]1CN(Cc2ccc(C(F)(F)F)c(F)c2)CC[C@H]1O. The standard InChI is InChI=1S/C14H15F4NO3/c15-11-5-8(1-2-10(11)14(16,17)18)6-19-4-3-12(20)9(7-19)13(21)22/h1-2,5,9,12,20H,3-4,6-7H2,(H,21,22)/t9-,12+/m0/s1. The first-order valence-corrected chi connectivity index (χ1v) is 6.67. The van der Waals surface area contributed by atoms with E-state index in [0.717, 1.165) is 6.07 Å². The zero-order valence-corrected chi connectivity index (χ0v) is 11.5. The molecule has 0 unspecified atom stereocenters. The number of likely N-dealkylation sites (tertiary alicyclic amines) is 1. The molecule has 22 heavy (non-hydrogen) atoms. The molecule has 1 saturated heterocycles. The second-order valence-electron chi connectivity index (χ2n) is 5.35. The average Bonchev–Trinajstić information content (AvgIpc) is 2.39. The molecule has 2 rings (SSSR count). The summed E-state index contributed by atoms with van der Waals surface area (Å²) in [7, 11) is 0. The quantitative estimate of drug-likeness (QED) is 0.837. The van der Waals surface area contributed by atoms with Crippen LogP contribution in [0, 0.1) is 11.7 Å². The second kappa shape index (κ2) is 6.21. The van der Waals surface area contributed by atoms with Gasteiger partial charge in [-0.25, -0.2) is 4.39 Å². The third-order valence-electron chi connectivity index (χ3n) is 3.72. The number of piperidine rings is 1. The summed E-state index contributed by atoms with van der Waals surface area (Å²) in [6.07, 6.45) is -5.44. The summed E-state index contributed by atoms with van der Waals surface area (Å²) in [5, 5.41) is 18.6. The highest BCUT2D eigenvalue weighted by Crippen LogP contribution is 2.32. The van der Waals surface area contributed by atoms with Crippen molar-refractivity contribution >= 4 is 5.97 Å². The van der Waals surface area contributed by atoms with E-state index in [1.807, 2.05) is 0 Å². The highest BCUT2D eigenvalue weighted by atomic mass is 19.4. The number of nitrogens with zero attached hydrogens (tertiary/aromatic N) is 1. The molecule has 122 valence electrons. The highest BCUT2D eigenvalue weighted by Gasteiger charge is 2.35. The third-order valence-corrected chi connectivity index (χ3v) is 3.72.